The first-order valence-electron chi connectivity index (χ1n) is 8.81. The van der Waals surface area contributed by atoms with Crippen LogP contribution >= 0.6 is 0 Å². The van der Waals surface area contributed by atoms with Crippen LogP contribution in [0.4, 0.5) is 5.69 Å². The number of nitrogens with zero attached hydrogens (tertiary/aromatic N) is 4. The van der Waals surface area contributed by atoms with Gasteiger partial charge in [-0.05, 0) is 31.9 Å². The molecule has 0 aliphatic carbocycles. The van der Waals surface area contributed by atoms with E-state index in [4.69, 9.17) is 9.72 Å². The molecule has 6 heteroatoms. The summed E-state index contributed by atoms with van der Waals surface area (Å²) >= 11 is 0. The van der Waals surface area contributed by atoms with Crippen LogP contribution in [0.2, 0.25) is 0 Å². The fraction of sp³-hybridized carbons (Fsp3) is 0.421. The van der Waals surface area contributed by atoms with Gasteiger partial charge in [0.15, 0.2) is 5.82 Å². The van der Waals surface area contributed by atoms with Crippen molar-refractivity contribution >= 4 is 16.6 Å². The second kappa shape index (κ2) is 6.44. The van der Waals surface area contributed by atoms with Crippen LogP contribution in [0.1, 0.15) is 35.9 Å². The van der Waals surface area contributed by atoms with Crippen LogP contribution in [-0.2, 0) is 11.2 Å². The Hall–Kier alpha value is -2.47. The average Bonchev–Trinajstić information content (AvgIpc) is 3.08. The number of hydrogen-bond acceptors (Lipinski definition) is 5. The van der Waals surface area contributed by atoms with Crippen LogP contribution in [0.25, 0.3) is 10.9 Å². The molecule has 1 unspecified atom stereocenters. The molecule has 2 aromatic heterocycles. The molecule has 6 nitrogen and oxygen atoms in total. The molecule has 1 fully saturated rings. The number of benzene rings is 1. The van der Waals surface area contributed by atoms with Gasteiger partial charge in [-0.25, -0.2) is 4.98 Å². The van der Waals surface area contributed by atoms with Gasteiger partial charge < -0.3 is 9.64 Å². The molecular weight excluding hydrogens is 314 g/mol. The highest BCUT2D eigenvalue weighted by molar-refractivity contribution is 5.94. The molecule has 130 valence electrons. The zero-order valence-electron chi connectivity index (χ0n) is 14.9. The Balaban J connectivity index is 1.76. The van der Waals surface area contributed by atoms with Gasteiger partial charge in [-0.1, -0.05) is 25.1 Å². The summed E-state index contributed by atoms with van der Waals surface area (Å²) in [6, 6.07) is 8.38. The Morgan fingerprint density at radius 3 is 2.84 bits per heavy atom. The molecule has 1 saturated heterocycles. The van der Waals surface area contributed by atoms with Crippen molar-refractivity contribution < 1.29 is 4.74 Å². The van der Waals surface area contributed by atoms with Crippen molar-refractivity contribution in [3.05, 3.63) is 47.2 Å². The molecule has 0 saturated carbocycles. The smallest absolute Gasteiger partial charge is 0.181 e. The Morgan fingerprint density at radius 1 is 1.24 bits per heavy atom. The third-order valence-corrected chi connectivity index (χ3v) is 4.82. The van der Waals surface area contributed by atoms with Crippen molar-refractivity contribution in [1.82, 2.24) is 20.2 Å². The summed E-state index contributed by atoms with van der Waals surface area (Å²) in [4.78, 5) is 11.7. The van der Waals surface area contributed by atoms with Crippen molar-refractivity contribution in [3.63, 3.8) is 0 Å². The molecule has 1 N–H and O–H groups in total. The lowest BCUT2D eigenvalue weighted by atomic mass is 10.0. The zero-order chi connectivity index (χ0) is 17.4. The fourth-order valence-electron chi connectivity index (χ4n) is 3.60. The lowest BCUT2D eigenvalue weighted by Gasteiger charge is -2.35. The molecule has 3 heterocycles. The Bertz CT molecular complexity index is 904. The number of para-hydroxylation sites is 1. The van der Waals surface area contributed by atoms with Crippen LogP contribution in [-0.4, -0.2) is 39.9 Å². The van der Waals surface area contributed by atoms with Gasteiger partial charge >= 0.3 is 0 Å². The van der Waals surface area contributed by atoms with E-state index < -0.39 is 0 Å². The highest BCUT2D eigenvalue weighted by Crippen LogP contribution is 2.34. The van der Waals surface area contributed by atoms with Crippen LogP contribution in [0.5, 0.6) is 0 Å². The first kappa shape index (κ1) is 16.0. The summed E-state index contributed by atoms with van der Waals surface area (Å²) in [6.07, 6.45) is 0.812. The van der Waals surface area contributed by atoms with Crippen molar-refractivity contribution in [3.8, 4) is 0 Å². The third kappa shape index (κ3) is 2.87. The number of aromatic amines is 1. The van der Waals surface area contributed by atoms with Crippen molar-refractivity contribution in [2.24, 2.45) is 0 Å². The minimum atomic E-state index is -0.116. The van der Waals surface area contributed by atoms with E-state index in [1.165, 1.54) is 16.6 Å². The summed E-state index contributed by atoms with van der Waals surface area (Å²) in [5, 5.41) is 8.39. The minimum Gasteiger partial charge on any atom is -0.366 e. The molecular formula is C19H23N5O. The normalized spacial score (nSPS) is 18.0. The number of anilines is 1. The highest BCUT2D eigenvalue weighted by Gasteiger charge is 2.27. The number of morpholine rings is 1. The van der Waals surface area contributed by atoms with Gasteiger partial charge in [-0.2, -0.15) is 5.10 Å². The first-order valence-corrected chi connectivity index (χ1v) is 8.81. The minimum absolute atomic E-state index is 0.116. The Morgan fingerprint density at radius 2 is 2.08 bits per heavy atom. The molecule has 1 aliphatic heterocycles. The molecule has 25 heavy (non-hydrogen) atoms. The SMILES string of the molecule is CCc1nc2ccccc2c(N2CCOC(c3n[nH]c(C)n3)C2)c1C. The second-order valence-corrected chi connectivity index (χ2v) is 6.49. The summed E-state index contributed by atoms with van der Waals surface area (Å²) in [7, 11) is 0. The molecule has 4 rings (SSSR count). The summed E-state index contributed by atoms with van der Waals surface area (Å²) < 4.78 is 5.94. The lowest BCUT2D eigenvalue weighted by Crippen LogP contribution is -2.39. The van der Waals surface area contributed by atoms with Crippen LogP contribution in [0.3, 0.4) is 0 Å². The molecule has 0 bridgehead atoms. The second-order valence-electron chi connectivity index (χ2n) is 6.49. The van der Waals surface area contributed by atoms with Crippen molar-refractivity contribution in [1.29, 1.82) is 0 Å². The van der Waals surface area contributed by atoms with Crippen LogP contribution in [0.15, 0.2) is 24.3 Å². The van der Waals surface area contributed by atoms with Gasteiger partial charge in [0.2, 0.25) is 0 Å². The number of pyridine rings is 1. The molecule has 0 radical (unpaired) electrons. The maximum atomic E-state index is 5.94. The van der Waals surface area contributed by atoms with E-state index in [9.17, 15) is 0 Å². The Kier molecular flexibility index (Phi) is 4.13. The number of hydrogen-bond donors (Lipinski definition) is 1. The Labute approximate surface area is 147 Å². The maximum absolute atomic E-state index is 5.94. The van der Waals surface area contributed by atoms with E-state index >= 15 is 0 Å². The lowest BCUT2D eigenvalue weighted by molar-refractivity contribution is 0.0343. The van der Waals surface area contributed by atoms with E-state index in [-0.39, 0.29) is 6.10 Å². The van der Waals surface area contributed by atoms with E-state index in [0.717, 1.165) is 42.4 Å². The van der Waals surface area contributed by atoms with Gasteiger partial charge in [0, 0.05) is 17.6 Å². The van der Waals surface area contributed by atoms with E-state index in [1.54, 1.807) is 0 Å². The standard InChI is InChI=1S/C19H23N5O/c1-4-15-12(2)18(14-7-5-6-8-16(14)21-15)24-9-10-25-17(11-24)19-20-13(3)22-23-19/h5-8,17H,4,9-11H2,1-3H3,(H,20,22,23). The maximum Gasteiger partial charge on any atom is 0.181 e. The predicted octanol–water partition coefficient (Wildman–Crippen LogP) is 3.11. The van der Waals surface area contributed by atoms with Gasteiger partial charge in [-0.3, -0.25) is 10.1 Å². The quantitative estimate of drug-likeness (QED) is 0.795. The van der Waals surface area contributed by atoms with Crippen molar-refractivity contribution in [2.45, 2.75) is 33.3 Å². The number of rotatable bonds is 3. The third-order valence-electron chi connectivity index (χ3n) is 4.82. The zero-order valence-corrected chi connectivity index (χ0v) is 14.9. The summed E-state index contributed by atoms with van der Waals surface area (Å²) in [5.74, 6) is 1.54. The summed E-state index contributed by atoms with van der Waals surface area (Å²) in [5.41, 5.74) is 4.73. The molecule has 0 amide bonds. The monoisotopic (exact) mass is 337 g/mol. The number of ether oxygens (including phenoxy) is 1. The highest BCUT2D eigenvalue weighted by atomic mass is 16.5. The number of H-pyrrole nitrogens is 1. The number of aryl methyl sites for hydroxylation is 2. The van der Waals surface area contributed by atoms with Crippen molar-refractivity contribution in [2.75, 3.05) is 24.6 Å². The number of nitrogens with one attached hydrogen (secondary N) is 1. The predicted molar refractivity (Wildman–Crippen MR) is 97.9 cm³/mol. The van der Waals surface area contributed by atoms with Gasteiger partial charge in [-0.15, -0.1) is 0 Å². The molecule has 1 aliphatic rings. The van der Waals surface area contributed by atoms with Gasteiger partial charge in [0.25, 0.3) is 0 Å². The largest absolute Gasteiger partial charge is 0.366 e. The molecule has 3 aromatic rings. The van der Waals surface area contributed by atoms with E-state index in [0.29, 0.717) is 6.61 Å². The number of fused-ring (bicyclic) bond motifs is 1. The van der Waals surface area contributed by atoms with Gasteiger partial charge in [0.1, 0.15) is 11.9 Å². The first-order chi connectivity index (χ1) is 12.2. The van der Waals surface area contributed by atoms with E-state index in [1.807, 2.05) is 13.0 Å². The average molecular weight is 337 g/mol. The van der Waals surface area contributed by atoms with E-state index in [2.05, 4.69) is 52.1 Å². The molecule has 0 spiro atoms. The van der Waals surface area contributed by atoms with Crippen LogP contribution in [0, 0.1) is 13.8 Å². The fourth-order valence-corrected chi connectivity index (χ4v) is 3.60. The summed E-state index contributed by atoms with van der Waals surface area (Å²) in [6.45, 7) is 8.51. The topological polar surface area (TPSA) is 66.9 Å². The molecule has 1 atom stereocenters. The van der Waals surface area contributed by atoms with Crippen LogP contribution < -0.4 is 4.90 Å². The van der Waals surface area contributed by atoms with Gasteiger partial charge in [0.05, 0.1) is 24.4 Å². The number of aromatic nitrogens is 4. The molecule has 1 aromatic carbocycles.